The maximum absolute atomic E-state index is 11.5. The lowest BCUT2D eigenvalue weighted by atomic mass is 10.3. The van der Waals surface area contributed by atoms with Crippen LogP contribution in [0.15, 0.2) is 24.3 Å². The molecule has 1 amide bonds. The monoisotopic (exact) mass is 252 g/mol. The van der Waals surface area contributed by atoms with Gasteiger partial charge >= 0.3 is 0 Å². The average Bonchev–Trinajstić information content (AvgIpc) is 2.31. The molecule has 5 nitrogen and oxygen atoms in total. The summed E-state index contributed by atoms with van der Waals surface area (Å²) in [6.07, 6.45) is 0.294. The molecule has 1 unspecified atom stereocenters. The number of rotatable bonds is 7. The average molecular weight is 252 g/mol. The van der Waals surface area contributed by atoms with Crippen molar-refractivity contribution in [1.29, 1.82) is 0 Å². The van der Waals surface area contributed by atoms with Gasteiger partial charge in [-0.3, -0.25) is 4.79 Å². The molecule has 0 saturated heterocycles. The van der Waals surface area contributed by atoms with Crippen molar-refractivity contribution in [3.8, 4) is 5.75 Å². The van der Waals surface area contributed by atoms with Gasteiger partial charge in [-0.1, -0.05) is 12.1 Å². The van der Waals surface area contributed by atoms with Crippen molar-refractivity contribution < 1.29 is 14.3 Å². The molecule has 0 bridgehead atoms. The Kier molecular flexibility index (Phi) is 6.00. The van der Waals surface area contributed by atoms with E-state index in [-0.39, 0.29) is 11.9 Å². The summed E-state index contributed by atoms with van der Waals surface area (Å²) >= 11 is 0. The first-order valence-corrected chi connectivity index (χ1v) is 5.89. The lowest BCUT2D eigenvalue weighted by Gasteiger charge is -2.13. The van der Waals surface area contributed by atoms with Crippen LogP contribution in [0.5, 0.6) is 5.75 Å². The minimum absolute atomic E-state index is 0.00398. The summed E-state index contributed by atoms with van der Waals surface area (Å²) in [4.78, 5) is 11.5. The third-order valence-corrected chi connectivity index (χ3v) is 2.33. The standard InChI is InChI=1S/C13H20N2O3/c1-10(9-17-2)15-13(16)7-8-18-12-6-4-3-5-11(12)14/h3-6,10H,7-9,14H2,1-2H3,(H,15,16). The lowest BCUT2D eigenvalue weighted by Crippen LogP contribution is -2.36. The predicted octanol–water partition coefficient (Wildman–Crippen LogP) is 1.19. The Morgan fingerprint density at radius 2 is 2.17 bits per heavy atom. The first kappa shape index (κ1) is 14.3. The van der Waals surface area contributed by atoms with E-state index in [4.69, 9.17) is 15.2 Å². The molecule has 1 aromatic rings. The Morgan fingerprint density at radius 3 is 2.83 bits per heavy atom. The highest BCUT2D eigenvalue weighted by Crippen LogP contribution is 2.19. The molecule has 100 valence electrons. The van der Waals surface area contributed by atoms with Crippen LogP contribution in [0.1, 0.15) is 13.3 Å². The molecule has 0 heterocycles. The van der Waals surface area contributed by atoms with Gasteiger partial charge in [-0.2, -0.15) is 0 Å². The molecule has 0 radical (unpaired) electrons. The molecular formula is C13H20N2O3. The summed E-state index contributed by atoms with van der Waals surface area (Å²) in [6, 6.07) is 7.22. The van der Waals surface area contributed by atoms with E-state index in [1.165, 1.54) is 0 Å². The predicted molar refractivity (Wildman–Crippen MR) is 70.4 cm³/mol. The van der Waals surface area contributed by atoms with Gasteiger partial charge in [0.05, 0.1) is 25.3 Å². The van der Waals surface area contributed by atoms with Gasteiger partial charge in [0, 0.05) is 13.2 Å². The van der Waals surface area contributed by atoms with Crippen LogP contribution in [0.3, 0.4) is 0 Å². The summed E-state index contributed by atoms with van der Waals surface area (Å²) in [5.74, 6) is 0.546. The van der Waals surface area contributed by atoms with Crippen LogP contribution in [0.4, 0.5) is 5.69 Å². The molecule has 0 aliphatic heterocycles. The van der Waals surface area contributed by atoms with Gasteiger partial charge in [0.2, 0.25) is 5.91 Å². The number of anilines is 1. The van der Waals surface area contributed by atoms with Crippen molar-refractivity contribution in [2.24, 2.45) is 0 Å². The van der Waals surface area contributed by atoms with E-state index >= 15 is 0 Å². The highest BCUT2D eigenvalue weighted by atomic mass is 16.5. The summed E-state index contributed by atoms with van der Waals surface area (Å²) in [6.45, 7) is 2.69. The molecule has 0 aromatic heterocycles. The van der Waals surface area contributed by atoms with Crippen molar-refractivity contribution in [3.05, 3.63) is 24.3 Å². The molecule has 5 heteroatoms. The second-order valence-electron chi connectivity index (χ2n) is 4.06. The number of ether oxygens (including phenoxy) is 2. The zero-order valence-corrected chi connectivity index (χ0v) is 10.8. The fraction of sp³-hybridized carbons (Fsp3) is 0.462. The Balaban J connectivity index is 2.25. The zero-order valence-electron chi connectivity index (χ0n) is 10.8. The smallest absolute Gasteiger partial charge is 0.223 e. The molecule has 0 fully saturated rings. The Morgan fingerprint density at radius 1 is 1.44 bits per heavy atom. The number of methoxy groups -OCH3 is 1. The number of nitrogen functional groups attached to an aromatic ring is 1. The van der Waals surface area contributed by atoms with E-state index in [2.05, 4.69) is 5.32 Å². The molecular weight excluding hydrogens is 232 g/mol. The van der Waals surface area contributed by atoms with Gasteiger partial charge in [0.1, 0.15) is 5.75 Å². The fourth-order valence-electron chi connectivity index (χ4n) is 1.50. The number of amides is 1. The summed E-state index contributed by atoms with van der Waals surface area (Å²) in [7, 11) is 1.60. The van der Waals surface area contributed by atoms with Crippen LogP contribution in [0.2, 0.25) is 0 Å². The summed E-state index contributed by atoms with van der Waals surface area (Å²) in [5, 5.41) is 2.81. The SMILES string of the molecule is COCC(C)NC(=O)CCOc1ccccc1N. The summed E-state index contributed by atoms with van der Waals surface area (Å²) in [5.41, 5.74) is 6.29. The zero-order chi connectivity index (χ0) is 13.4. The largest absolute Gasteiger partial charge is 0.491 e. The van der Waals surface area contributed by atoms with E-state index in [1.54, 1.807) is 19.2 Å². The van der Waals surface area contributed by atoms with Crippen molar-refractivity contribution in [2.75, 3.05) is 26.1 Å². The Bertz CT molecular complexity index is 382. The fourth-order valence-corrected chi connectivity index (χ4v) is 1.50. The lowest BCUT2D eigenvalue weighted by molar-refractivity contribution is -0.122. The van der Waals surface area contributed by atoms with Gasteiger partial charge in [-0.15, -0.1) is 0 Å². The molecule has 1 rings (SSSR count). The number of carbonyl (C=O) groups is 1. The molecule has 0 aliphatic carbocycles. The highest BCUT2D eigenvalue weighted by molar-refractivity contribution is 5.76. The van der Waals surface area contributed by atoms with Crippen molar-refractivity contribution in [1.82, 2.24) is 5.32 Å². The van der Waals surface area contributed by atoms with Crippen LogP contribution in [0.25, 0.3) is 0 Å². The maximum atomic E-state index is 11.5. The van der Waals surface area contributed by atoms with Crippen LogP contribution in [0, 0.1) is 0 Å². The van der Waals surface area contributed by atoms with Gasteiger partial charge in [-0.25, -0.2) is 0 Å². The first-order valence-electron chi connectivity index (χ1n) is 5.89. The maximum Gasteiger partial charge on any atom is 0.223 e. The number of carbonyl (C=O) groups excluding carboxylic acids is 1. The topological polar surface area (TPSA) is 73.6 Å². The number of nitrogens with two attached hydrogens (primary N) is 1. The van der Waals surface area contributed by atoms with Gasteiger partial charge in [0.25, 0.3) is 0 Å². The van der Waals surface area contributed by atoms with Gasteiger partial charge in [-0.05, 0) is 19.1 Å². The van der Waals surface area contributed by atoms with Crippen LogP contribution in [-0.4, -0.2) is 32.3 Å². The number of para-hydroxylation sites is 2. The van der Waals surface area contributed by atoms with Gasteiger partial charge < -0.3 is 20.5 Å². The number of hydrogen-bond acceptors (Lipinski definition) is 4. The minimum Gasteiger partial charge on any atom is -0.491 e. The van der Waals surface area contributed by atoms with E-state index in [1.807, 2.05) is 19.1 Å². The highest BCUT2D eigenvalue weighted by Gasteiger charge is 2.07. The van der Waals surface area contributed by atoms with Crippen molar-refractivity contribution in [2.45, 2.75) is 19.4 Å². The molecule has 1 atom stereocenters. The molecule has 1 aromatic carbocycles. The normalized spacial score (nSPS) is 11.9. The third kappa shape index (κ3) is 5.05. The molecule has 0 saturated carbocycles. The first-order chi connectivity index (χ1) is 8.63. The second kappa shape index (κ2) is 7.55. The van der Waals surface area contributed by atoms with Crippen LogP contribution >= 0.6 is 0 Å². The van der Waals surface area contributed by atoms with E-state index in [9.17, 15) is 4.79 Å². The summed E-state index contributed by atoms with van der Waals surface area (Å²) < 4.78 is 10.4. The third-order valence-electron chi connectivity index (χ3n) is 2.33. The second-order valence-corrected chi connectivity index (χ2v) is 4.06. The van der Waals surface area contributed by atoms with Crippen LogP contribution in [-0.2, 0) is 9.53 Å². The van der Waals surface area contributed by atoms with Crippen molar-refractivity contribution >= 4 is 11.6 Å². The van der Waals surface area contributed by atoms with E-state index < -0.39 is 0 Å². The Hall–Kier alpha value is -1.75. The molecule has 3 N–H and O–H groups in total. The number of hydrogen-bond donors (Lipinski definition) is 2. The minimum atomic E-state index is -0.0611. The number of nitrogens with one attached hydrogen (secondary N) is 1. The molecule has 18 heavy (non-hydrogen) atoms. The molecule has 0 aliphatic rings. The quantitative estimate of drug-likeness (QED) is 0.715. The molecule has 0 spiro atoms. The van der Waals surface area contributed by atoms with Crippen molar-refractivity contribution in [3.63, 3.8) is 0 Å². The Labute approximate surface area is 107 Å². The van der Waals surface area contributed by atoms with E-state index in [0.717, 1.165) is 0 Å². The van der Waals surface area contributed by atoms with Crippen LogP contribution < -0.4 is 15.8 Å². The number of benzene rings is 1. The van der Waals surface area contributed by atoms with E-state index in [0.29, 0.717) is 31.1 Å². The van der Waals surface area contributed by atoms with Gasteiger partial charge in [0.15, 0.2) is 0 Å².